The van der Waals surface area contributed by atoms with E-state index >= 15 is 0 Å². The number of nitrogens with zero attached hydrogens (tertiary/aromatic N) is 2. The van der Waals surface area contributed by atoms with E-state index in [1.165, 1.54) is 49.6 Å². The van der Waals surface area contributed by atoms with Crippen molar-refractivity contribution in [3.63, 3.8) is 0 Å². The predicted molar refractivity (Wildman–Crippen MR) is 123 cm³/mol. The van der Waals surface area contributed by atoms with E-state index in [4.69, 9.17) is 20.8 Å². The molecule has 3 aromatic rings. The lowest BCUT2D eigenvalue weighted by molar-refractivity contribution is -0.384. The first-order chi connectivity index (χ1) is 16.2. The molecule has 2 aromatic carbocycles. The predicted octanol–water partition coefficient (Wildman–Crippen LogP) is 4.49. The van der Waals surface area contributed by atoms with Gasteiger partial charge in [-0.25, -0.2) is 9.69 Å². The minimum absolute atomic E-state index is 0.144. The molecule has 0 aliphatic carbocycles. The van der Waals surface area contributed by atoms with Crippen molar-refractivity contribution in [2.24, 2.45) is 0 Å². The Morgan fingerprint density at radius 1 is 1.12 bits per heavy atom. The zero-order valence-electron chi connectivity index (χ0n) is 17.8. The molecule has 11 heteroatoms. The lowest BCUT2D eigenvalue weighted by Crippen LogP contribution is -2.54. The van der Waals surface area contributed by atoms with Gasteiger partial charge in [-0.05, 0) is 48.9 Å². The number of ether oxygens (including phenoxy) is 1. The molecule has 34 heavy (non-hydrogen) atoms. The fourth-order valence-electron chi connectivity index (χ4n) is 3.33. The molecule has 0 bridgehead atoms. The molecule has 1 aliphatic heterocycles. The van der Waals surface area contributed by atoms with Crippen molar-refractivity contribution in [1.29, 1.82) is 0 Å². The Bertz CT molecular complexity index is 1390. The molecular weight excluding hydrogens is 466 g/mol. The van der Waals surface area contributed by atoms with Gasteiger partial charge in [0.15, 0.2) is 0 Å². The molecule has 4 amide bonds. The van der Waals surface area contributed by atoms with E-state index in [1.807, 2.05) is 0 Å². The van der Waals surface area contributed by atoms with Gasteiger partial charge in [0.05, 0.1) is 29.4 Å². The van der Waals surface area contributed by atoms with Crippen LogP contribution < -0.4 is 15.0 Å². The van der Waals surface area contributed by atoms with Crippen LogP contribution in [0.4, 0.5) is 16.2 Å². The molecule has 0 atom stereocenters. The quantitative estimate of drug-likeness (QED) is 0.245. The third kappa shape index (κ3) is 4.14. The summed E-state index contributed by atoms with van der Waals surface area (Å²) in [5, 5.41) is 13.5. The zero-order valence-corrected chi connectivity index (χ0v) is 18.6. The van der Waals surface area contributed by atoms with E-state index in [9.17, 15) is 24.5 Å². The molecule has 0 spiro atoms. The van der Waals surface area contributed by atoms with Crippen LogP contribution in [0.1, 0.15) is 11.3 Å². The van der Waals surface area contributed by atoms with Crippen molar-refractivity contribution in [1.82, 2.24) is 5.32 Å². The molecule has 1 aromatic heterocycles. The molecule has 0 radical (unpaired) electrons. The van der Waals surface area contributed by atoms with Crippen molar-refractivity contribution in [3.8, 4) is 17.1 Å². The fraction of sp³-hybridized carbons (Fsp3) is 0.0870. The van der Waals surface area contributed by atoms with Gasteiger partial charge in [0.2, 0.25) is 0 Å². The summed E-state index contributed by atoms with van der Waals surface area (Å²) in [6, 6.07) is 10.8. The summed E-state index contributed by atoms with van der Waals surface area (Å²) in [5.41, 5.74) is 0.912. The van der Waals surface area contributed by atoms with E-state index in [2.05, 4.69) is 5.32 Å². The average Bonchev–Trinajstić information content (AvgIpc) is 3.26. The Balaban J connectivity index is 1.68. The second kappa shape index (κ2) is 8.83. The van der Waals surface area contributed by atoms with Gasteiger partial charge in [-0.3, -0.25) is 25.0 Å². The van der Waals surface area contributed by atoms with Gasteiger partial charge < -0.3 is 9.15 Å². The molecular formula is C23H16ClN3O7. The van der Waals surface area contributed by atoms with Crippen LogP contribution in [0.5, 0.6) is 5.75 Å². The highest BCUT2D eigenvalue weighted by molar-refractivity contribution is 6.39. The summed E-state index contributed by atoms with van der Waals surface area (Å²) in [7, 11) is 1.36. The number of methoxy groups -OCH3 is 1. The number of halogens is 1. The molecule has 10 nitrogen and oxygen atoms in total. The molecule has 1 N–H and O–H groups in total. The third-order valence-electron chi connectivity index (χ3n) is 5.09. The monoisotopic (exact) mass is 481 g/mol. The van der Waals surface area contributed by atoms with Crippen molar-refractivity contribution >= 4 is 46.9 Å². The second-order valence-electron chi connectivity index (χ2n) is 7.24. The molecule has 0 unspecified atom stereocenters. The van der Waals surface area contributed by atoms with E-state index in [0.717, 1.165) is 10.5 Å². The molecule has 1 aliphatic rings. The Kier molecular flexibility index (Phi) is 5.91. The van der Waals surface area contributed by atoms with Gasteiger partial charge in [0, 0.05) is 11.1 Å². The fourth-order valence-corrected chi connectivity index (χ4v) is 3.50. The van der Waals surface area contributed by atoms with Crippen molar-refractivity contribution in [2.75, 3.05) is 12.0 Å². The normalized spacial score (nSPS) is 15.0. The lowest BCUT2D eigenvalue weighted by atomic mass is 10.1. The van der Waals surface area contributed by atoms with Crippen molar-refractivity contribution in [3.05, 3.63) is 80.6 Å². The summed E-state index contributed by atoms with van der Waals surface area (Å²) in [6.07, 6.45) is 1.20. The van der Waals surface area contributed by atoms with E-state index in [0.29, 0.717) is 16.3 Å². The van der Waals surface area contributed by atoms with Gasteiger partial charge in [-0.1, -0.05) is 17.7 Å². The molecule has 172 valence electrons. The van der Waals surface area contributed by atoms with Gasteiger partial charge >= 0.3 is 6.03 Å². The number of barbiturate groups is 1. The first kappa shape index (κ1) is 22.7. The minimum Gasteiger partial charge on any atom is -0.496 e. The van der Waals surface area contributed by atoms with Crippen molar-refractivity contribution in [2.45, 2.75) is 6.92 Å². The number of anilines is 1. The number of hydrogen-bond acceptors (Lipinski definition) is 7. The Labute approximate surface area is 197 Å². The summed E-state index contributed by atoms with van der Waals surface area (Å²) < 4.78 is 11.0. The summed E-state index contributed by atoms with van der Waals surface area (Å²) >= 11 is 6.12. The zero-order chi connectivity index (χ0) is 24.6. The maximum atomic E-state index is 13.0. The number of rotatable bonds is 5. The number of amides is 4. The molecule has 0 saturated carbocycles. The number of imide groups is 2. The molecule has 2 heterocycles. The minimum atomic E-state index is -0.900. The molecule has 1 fully saturated rings. The molecule has 4 rings (SSSR count). The topological polar surface area (TPSA) is 132 Å². The number of nitro groups is 1. The third-order valence-corrected chi connectivity index (χ3v) is 5.50. The number of hydrogen-bond donors (Lipinski definition) is 1. The van der Waals surface area contributed by atoms with Crippen LogP contribution in [0.3, 0.4) is 0 Å². The van der Waals surface area contributed by atoms with Crippen LogP contribution in [-0.2, 0) is 9.59 Å². The standard InChI is InChI=1S/C23H16ClN3O7/c1-12-3-4-13(9-18(12)24)26-22(29)17(21(28)25-23(26)30)11-15-6-8-19(34-15)16-7-5-14(27(31)32)10-20(16)33-2/h3-11H,1-2H3,(H,25,28,30)/b17-11+. The van der Waals surface area contributed by atoms with Crippen LogP contribution >= 0.6 is 11.6 Å². The van der Waals surface area contributed by atoms with Gasteiger partial charge in [0.25, 0.3) is 17.5 Å². The second-order valence-corrected chi connectivity index (χ2v) is 7.64. The number of furan rings is 1. The Morgan fingerprint density at radius 2 is 1.88 bits per heavy atom. The summed E-state index contributed by atoms with van der Waals surface area (Å²) in [6.45, 7) is 1.77. The lowest BCUT2D eigenvalue weighted by Gasteiger charge is -2.26. The van der Waals surface area contributed by atoms with E-state index < -0.39 is 22.8 Å². The maximum absolute atomic E-state index is 13.0. The van der Waals surface area contributed by atoms with Crippen LogP contribution in [0, 0.1) is 17.0 Å². The summed E-state index contributed by atoms with van der Waals surface area (Å²) in [4.78, 5) is 49.1. The van der Waals surface area contributed by atoms with Gasteiger partial charge in [-0.2, -0.15) is 0 Å². The number of urea groups is 1. The van der Waals surface area contributed by atoms with Crippen LogP contribution in [-0.4, -0.2) is 29.9 Å². The van der Waals surface area contributed by atoms with Crippen LogP contribution in [0.2, 0.25) is 5.02 Å². The van der Waals surface area contributed by atoms with Crippen molar-refractivity contribution < 1.29 is 28.5 Å². The smallest absolute Gasteiger partial charge is 0.335 e. The van der Waals surface area contributed by atoms with Gasteiger partial charge in [-0.15, -0.1) is 0 Å². The highest BCUT2D eigenvalue weighted by Crippen LogP contribution is 2.35. The van der Waals surface area contributed by atoms with Gasteiger partial charge in [0.1, 0.15) is 22.8 Å². The Hall–Kier alpha value is -4.44. The number of aryl methyl sites for hydroxylation is 1. The Morgan fingerprint density at radius 3 is 2.56 bits per heavy atom. The molecule has 1 saturated heterocycles. The highest BCUT2D eigenvalue weighted by atomic mass is 35.5. The number of benzene rings is 2. The average molecular weight is 482 g/mol. The highest BCUT2D eigenvalue weighted by Gasteiger charge is 2.37. The number of carbonyl (C=O) groups excluding carboxylic acids is 3. The SMILES string of the molecule is COc1cc([N+](=O)[O-])ccc1-c1ccc(/C=C2\C(=O)NC(=O)N(c3ccc(C)c(Cl)c3)C2=O)o1. The van der Waals surface area contributed by atoms with Crippen LogP contribution in [0.15, 0.2) is 58.5 Å². The number of nitro benzene ring substituents is 1. The largest absolute Gasteiger partial charge is 0.496 e. The number of nitrogens with one attached hydrogen (secondary N) is 1. The number of carbonyl (C=O) groups is 3. The number of non-ortho nitro benzene ring substituents is 1. The summed E-state index contributed by atoms with van der Waals surface area (Å²) in [5.74, 6) is -1.08. The van der Waals surface area contributed by atoms with Crippen LogP contribution in [0.25, 0.3) is 17.4 Å². The maximum Gasteiger partial charge on any atom is 0.335 e. The van der Waals surface area contributed by atoms with E-state index in [-0.39, 0.29) is 28.5 Å². The first-order valence-corrected chi connectivity index (χ1v) is 10.2. The van der Waals surface area contributed by atoms with E-state index in [1.54, 1.807) is 19.1 Å². The first-order valence-electron chi connectivity index (χ1n) is 9.80.